The van der Waals surface area contributed by atoms with Gasteiger partial charge in [0.15, 0.2) is 0 Å². The van der Waals surface area contributed by atoms with Crippen molar-refractivity contribution >= 4 is 52.2 Å². The van der Waals surface area contributed by atoms with Gasteiger partial charge < -0.3 is 15.1 Å². The number of carbonyl (C=O) groups excluding carboxylic acids is 2. The molecule has 3 aromatic rings. The standard InChI is InChI=1S/C24H23Cl2N3O2S/c25-20-9-4-10-21(26)23(20)27-24(31)29(18-11-12-18)16-22(30)28(15-19-8-5-13-32-19)14-17-6-2-1-3-7-17/h1-10,13,18H,11-12,14-16H2,(H,27,31). The van der Waals surface area contributed by atoms with Gasteiger partial charge in [-0.2, -0.15) is 0 Å². The normalized spacial score (nSPS) is 12.9. The first kappa shape index (κ1) is 22.6. The second-order valence-electron chi connectivity index (χ2n) is 7.70. The second-order valence-corrected chi connectivity index (χ2v) is 9.55. The number of nitrogens with one attached hydrogen (secondary N) is 1. The van der Waals surface area contributed by atoms with Crippen LogP contribution in [-0.4, -0.2) is 34.3 Å². The lowest BCUT2D eigenvalue weighted by molar-refractivity contribution is -0.133. The van der Waals surface area contributed by atoms with Gasteiger partial charge in [0.25, 0.3) is 0 Å². The summed E-state index contributed by atoms with van der Waals surface area (Å²) in [5.74, 6) is -0.102. The Hall–Kier alpha value is -2.54. The van der Waals surface area contributed by atoms with E-state index < -0.39 is 0 Å². The first-order valence-electron chi connectivity index (χ1n) is 10.4. The fraction of sp³-hybridized carbons (Fsp3) is 0.250. The molecule has 3 amide bonds. The topological polar surface area (TPSA) is 52.7 Å². The van der Waals surface area contributed by atoms with E-state index in [0.29, 0.717) is 28.8 Å². The van der Waals surface area contributed by atoms with Gasteiger partial charge in [-0.1, -0.05) is 65.7 Å². The molecule has 4 rings (SSSR count). The van der Waals surface area contributed by atoms with Crippen LogP contribution >= 0.6 is 34.5 Å². The number of anilines is 1. The summed E-state index contributed by atoms with van der Waals surface area (Å²) in [5, 5.41) is 5.51. The van der Waals surface area contributed by atoms with Gasteiger partial charge in [0, 0.05) is 17.5 Å². The summed E-state index contributed by atoms with van der Waals surface area (Å²) in [4.78, 5) is 30.9. The summed E-state index contributed by atoms with van der Waals surface area (Å²) >= 11 is 14.0. The number of para-hydroxylation sites is 1. The van der Waals surface area contributed by atoms with E-state index in [1.54, 1.807) is 39.3 Å². The minimum atomic E-state index is -0.369. The van der Waals surface area contributed by atoms with Crippen molar-refractivity contribution in [3.8, 4) is 0 Å². The highest BCUT2D eigenvalue weighted by Crippen LogP contribution is 2.32. The van der Waals surface area contributed by atoms with E-state index in [0.717, 1.165) is 23.3 Å². The number of carbonyl (C=O) groups is 2. The van der Waals surface area contributed by atoms with Crippen LogP contribution in [0.4, 0.5) is 10.5 Å². The fourth-order valence-electron chi connectivity index (χ4n) is 3.42. The molecule has 0 atom stereocenters. The molecule has 0 radical (unpaired) electrons. The average Bonchev–Trinajstić information content (AvgIpc) is 3.50. The van der Waals surface area contributed by atoms with E-state index in [1.807, 2.05) is 47.8 Å². The zero-order chi connectivity index (χ0) is 22.5. The zero-order valence-corrected chi connectivity index (χ0v) is 19.7. The van der Waals surface area contributed by atoms with Gasteiger partial charge in [0.1, 0.15) is 6.54 Å². The molecular weight excluding hydrogens is 465 g/mol. The SMILES string of the molecule is O=C(CN(C(=O)Nc1c(Cl)cccc1Cl)C1CC1)N(Cc1ccccc1)Cc1cccs1. The molecule has 0 saturated heterocycles. The molecule has 0 aliphatic heterocycles. The first-order valence-corrected chi connectivity index (χ1v) is 12.0. The third-order valence-electron chi connectivity index (χ3n) is 5.24. The third kappa shape index (κ3) is 5.82. The van der Waals surface area contributed by atoms with E-state index in [4.69, 9.17) is 23.2 Å². The van der Waals surface area contributed by atoms with E-state index in [1.165, 1.54) is 0 Å². The van der Waals surface area contributed by atoms with Crippen LogP contribution in [0.15, 0.2) is 66.0 Å². The second kappa shape index (κ2) is 10.4. The van der Waals surface area contributed by atoms with Gasteiger partial charge in [-0.05, 0) is 42.0 Å². The molecule has 0 spiro atoms. The van der Waals surface area contributed by atoms with Crippen molar-refractivity contribution < 1.29 is 9.59 Å². The van der Waals surface area contributed by atoms with Crippen LogP contribution in [0.3, 0.4) is 0 Å². The molecule has 1 N–H and O–H groups in total. The van der Waals surface area contributed by atoms with Crippen molar-refractivity contribution in [2.24, 2.45) is 0 Å². The van der Waals surface area contributed by atoms with Crippen LogP contribution in [0.5, 0.6) is 0 Å². The number of halogens is 2. The number of benzene rings is 2. The molecule has 8 heteroatoms. The number of thiophene rings is 1. The fourth-order valence-corrected chi connectivity index (χ4v) is 4.63. The highest BCUT2D eigenvalue weighted by atomic mass is 35.5. The summed E-state index contributed by atoms with van der Waals surface area (Å²) in [7, 11) is 0. The molecule has 166 valence electrons. The van der Waals surface area contributed by atoms with E-state index >= 15 is 0 Å². The number of rotatable bonds is 8. The van der Waals surface area contributed by atoms with Gasteiger partial charge in [-0.3, -0.25) is 4.79 Å². The van der Waals surface area contributed by atoms with Gasteiger partial charge in [0.2, 0.25) is 5.91 Å². The minimum Gasteiger partial charge on any atom is -0.332 e. The molecule has 1 fully saturated rings. The van der Waals surface area contributed by atoms with E-state index in [2.05, 4.69) is 5.32 Å². The quantitative estimate of drug-likeness (QED) is 0.406. The Kier molecular flexibility index (Phi) is 7.35. The molecule has 2 aromatic carbocycles. The Labute approximate surface area is 201 Å². The van der Waals surface area contributed by atoms with Crippen LogP contribution in [0, 0.1) is 0 Å². The van der Waals surface area contributed by atoms with Crippen molar-refractivity contribution in [2.75, 3.05) is 11.9 Å². The largest absolute Gasteiger partial charge is 0.332 e. The molecule has 0 unspecified atom stereocenters. The van der Waals surface area contributed by atoms with Crippen molar-refractivity contribution in [1.82, 2.24) is 9.80 Å². The summed E-state index contributed by atoms with van der Waals surface area (Å²) in [5.41, 5.74) is 1.40. The number of hydrogen-bond donors (Lipinski definition) is 1. The smallest absolute Gasteiger partial charge is 0.322 e. The molecule has 1 aliphatic carbocycles. The lowest BCUT2D eigenvalue weighted by Gasteiger charge is -2.28. The first-order chi connectivity index (χ1) is 15.5. The van der Waals surface area contributed by atoms with Gasteiger partial charge in [-0.25, -0.2) is 4.79 Å². The molecule has 1 saturated carbocycles. The van der Waals surface area contributed by atoms with Crippen molar-refractivity contribution in [1.29, 1.82) is 0 Å². The Morgan fingerprint density at radius 3 is 2.28 bits per heavy atom. The maximum absolute atomic E-state index is 13.4. The van der Waals surface area contributed by atoms with Gasteiger partial charge >= 0.3 is 6.03 Å². The van der Waals surface area contributed by atoms with Crippen LogP contribution < -0.4 is 5.32 Å². The Morgan fingerprint density at radius 1 is 0.938 bits per heavy atom. The molecule has 32 heavy (non-hydrogen) atoms. The predicted octanol–water partition coefficient (Wildman–Crippen LogP) is 6.28. The molecule has 1 aliphatic rings. The number of amides is 3. The number of hydrogen-bond acceptors (Lipinski definition) is 3. The minimum absolute atomic E-state index is 0.00319. The van der Waals surface area contributed by atoms with Gasteiger partial charge in [0.05, 0.1) is 22.3 Å². The lowest BCUT2D eigenvalue weighted by Crippen LogP contribution is -2.45. The van der Waals surface area contributed by atoms with E-state index in [9.17, 15) is 9.59 Å². The molecule has 0 bridgehead atoms. The third-order valence-corrected chi connectivity index (χ3v) is 6.74. The van der Waals surface area contributed by atoms with Crippen molar-refractivity contribution in [3.63, 3.8) is 0 Å². The number of urea groups is 1. The molecule has 5 nitrogen and oxygen atoms in total. The van der Waals surface area contributed by atoms with Crippen LogP contribution in [-0.2, 0) is 17.9 Å². The van der Waals surface area contributed by atoms with Crippen LogP contribution in [0.25, 0.3) is 0 Å². The summed E-state index contributed by atoms with van der Waals surface area (Å²) in [6.07, 6.45) is 1.75. The highest BCUT2D eigenvalue weighted by Gasteiger charge is 2.35. The summed E-state index contributed by atoms with van der Waals surface area (Å²) < 4.78 is 0. The average molecular weight is 488 g/mol. The molecular formula is C24H23Cl2N3O2S. The predicted molar refractivity (Wildman–Crippen MR) is 130 cm³/mol. The summed E-state index contributed by atoms with van der Waals surface area (Å²) in [6.45, 7) is 0.979. The van der Waals surface area contributed by atoms with Crippen LogP contribution in [0.1, 0.15) is 23.3 Å². The Balaban J connectivity index is 1.49. The maximum atomic E-state index is 13.4. The van der Waals surface area contributed by atoms with Crippen molar-refractivity contribution in [2.45, 2.75) is 32.0 Å². The van der Waals surface area contributed by atoms with E-state index in [-0.39, 0.29) is 24.5 Å². The molecule has 1 heterocycles. The highest BCUT2D eigenvalue weighted by molar-refractivity contribution is 7.09. The van der Waals surface area contributed by atoms with Crippen LogP contribution in [0.2, 0.25) is 10.0 Å². The zero-order valence-electron chi connectivity index (χ0n) is 17.3. The summed E-state index contributed by atoms with van der Waals surface area (Å²) in [6, 6.07) is 18.6. The number of nitrogens with zero attached hydrogens (tertiary/aromatic N) is 2. The van der Waals surface area contributed by atoms with Crippen molar-refractivity contribution in [3.05, 3.63) is 86.5 Å². The Morgan fingerprint density at radius 2 is 1.66 bits per heavy atom. The lowest BCUT2D eigenvalue weighted by atomic mass is 10.2. The monoisotopic (exact) mass is 487 g/mol. The maximum Gasteiger partial charge on any atom is 0.322 e. The Bertz CT molecular complexity index is 1050. The molecule has 1 aromatic heterocycles. The van der Waals surface area contributed by atoms with Gasteiger partial charge in [-0.15, -0.1) is 11.3 Å².